The van der Waals surface area contributed by atoms with Crippen molar-refractivity contribution >= 4 is 44.9 Å². The van der Waals surface area contributed by atoms with Crippen LogP contribution in [0.25, 0.3) is 15.9 Å². The van der Waals surface area contributed by atoms with E-state index in [9.17, 15) is 4.79 Å². The molecule has 0 bridgehead atoms. The summed E-state index contributed by atoms with van der Waals surface area (Å²) in [4.78, 5) is 20.2. The Hall–Kier alpha value is -1.67. The Morgan fingerprint density at radius 3 is 2.83 bits per heavy atom. The third kappa shape index (κ3) is 3.32. The van der Waals surface area contributed by atoms with E-state index in [2.05, 4.69) is 26.8 Å². The maximum Gasteiger partial charge on any atom is 0.230 e. The summed E-state index contributed by atoms with van der Waals surface area (Å²) in [5.74, 6) is 2.82. The molecule has 1 atom stereocenters. The lowest BCUT2D eigenvalue weighted by Gasteiger charge is -2.17. The van der Waals surface area contributed by atoms with Crippen molar-refractivity contribution in [3.05, 3.63) is 16.3 Å². The van der Waals surface area contributed by atoms with Crippen molar-refractivity contribution in [1.29, 1.82) is 0 Å². The van der Waals surface area contributed by atoms with Gasteiger partial charge < -0.3 is 5.32 Å². The number of nitrogens with one attached hydrogen (secondary N) is 1. The molecule has 1 amide bonds. The molecule has 3 aliphatic carbocycles. The van der Waals surface area contributed by atoms with Crippen LogP contribution in [0.4, 0.5) is 0 Å². The van der Waals surface area contributed by atoms with Crippen molar-refractivity contribution in [2.75, 3.05) is 5.75 Å². The number of nitrogens with zero attached hydrogens (tertiary/aromatic N) is 4. The number of hydrogen-bond acceptors (Lipinski definition) is 6. The first-order chi connectivity index (χ1) is 14.7. The molecule has 3 aromatic rings. The van der Waals surface area contributed by atoms with Gasteiger partial charge in [-0.05, 0) is 56.4 Å². The molecule has 1 N–H and O–H groups in total. The van der Waals surface area contributed by atoms with Crippen molar-refractivity contribution in [2.24, 2.45) is 5.92 Å². The van der Waals surface area contributed by atoms with Gasteiger partial charge in [0.05, 0.1) is 11.1 Å². The van der Waals surface area contributed by atoms with E-state index < -0.39 is 0 Å². The molecule has 3 heterocycles. The van der Waals surface area contributed by atoms with Crippen LogP contribution < -0.4 is 5.32 Å². The van der Waals surface area contributed by atoms with E-state index in [0.29, 0.717) is 17.7 Å². The Bertz CT molecular complexity index is 1130. The lowest BCUT2D eigenvalue weighted by molar-refractivity contribution is -0.119. The second kappa shape index (κ2) is 7.48. The number of carbonyl (C=O) groups excluding carboxylic acids is 1. The first-order valence-corrected chi connectivity index (χ1v) is 13.1. The topological polar surface area (TPSA) is 72.2 Å². The number of hydrogen-bond donors (Lipinski definition) is 1. The largest absolute Gasteiger partial charge is 0.353 e. The predicted molar refractivity (Wildman–Crippen MR) is 120 cm³/mol. The summed E-state index contributed by atoms with van der Waals surface area (Å²) >= 11 is 3.36. The van der Waals surface area contributed by atoms with Crippen molar-refractivity contribution in [2.45, 2.75) is 81.8 Å². The third-order valence-electron chi connectivity index (χ3n) is 6.79. The zero-order chi connectivity index (χ0) is 20.2. The normalized spacial score (nSPS) is 22.1. The molecule has 6 nitrogen and oxygen atoms in total. The van der Waals surface area contributed by atoms with Gasteiger partial charge in [-0.2, -0.15) is 0 Å². The summed E-state index contributed by atoms with van der Waals surface area (Å²) in [7, 11) is 0. The average molecular weight is 442 g/mol. The minimum atomic E-state index is 0.104. The molecule has 6 rings (SSSR count). The number of carbonyl (C=O) groups is 1. The highest BCUT2D eigenvalue weighted by Gasteiger charge is 2.32. The predicted octanol–water partition coefficient (Wildman–Crippen LogP) is 4.49. The smallest absolute Gasteiger partial charge is 0.230 e. The summed E-state index contributed by atoms with van der Waals surface area (Å²) in [6.45, 7) is 2.34. The highest BCUT2D eigenvalue weighted by Crippen LogP contribution is 2.44. The zero-order valence-corrected chi connectivity index (χ0v) is 18.9. The minimum Gasteiger partial charge on any atom is -0.353 e. The summed E-state index contributed by atoms with van der Waals surface area (Å²) in [6.07, 6.45) is 10.5. The SMILES string of the molecule is C[C@H]1CCc2c(sc3nc(C4CC4)n4c(SCC(=O)NC5CCCC5)nnc4c23)C1. The van der Waals surface area contributed by atoms with Crippen molar-refractivity contribution in [3.8, 4) is 0 Å². The molecule has 30 heavy (non-hydrogen) atoms. The quantitative estimate of drug-likeness (QED) is 0.591. The van der Waals surface area contributed by atoms with Crippen LogP contribution >= 0.6 is 23.1 Å². The summed E-state index contributed by atoms with van der Waals surface area (Å²) in [6, 6.07) is 0.358. The van der Waals surface area contributed by atoms with E-state index >= 15 is 0 Å². The van der Waals surface area contributed by atoms with Gasteiger partial charge in [0, 0.05) is 16.8 Å². The molecule has 0 aromatic carbocycles. The van der Waals surface area contributed by atoms with Crippen molar-refractivity contribution in [1.82, 2.24) is 24.9 Å². The second-order valence-electron chi connectivity index (χ2n) is 9.26. The number of amides is 1. The Kier molecular flexibility index (Phi) is 4.75. The fourth-order valence-electron chi connectivity index (χ4n) is 5.02. The lowest BCUT2D eigenvalue weighted by atomic mass is 9.89. The first-order valence-electron chi connectivity index (χ1n) is 11.3. The molecular weight excluding hydrogens is 414 g/mol. The number of rotatable bonds is 5. The van der Waals surface area contributed by atoms with Crippen LogP contribution in [0.1, 0.15) is 74.1 Å². The number of fused-ring (bicyclic) bond motifs is 5. The standard InChI is InChI=1S/C22H27N5OS2/c1-12-6-9-15-16(10-12)30-21-18(15)20-25-26-22(27(20)19(24-21)13-7-8-13)29-11-17(28)23-14-4-2-3-5-14/h12-14H,2-11H2,1H3,(H,23,28)/t12-/m0/s1. The second-order valence-corrected chi connectivity index (χ2v) is 11.3. The molecule has 8 heteroatoms. The minimum absolute atomic E-state index is 0.104. The van der Waals surface area contributed by atoms with Crippen LogP contribution in [0.5, 0.6) is 0 Å². The van der Waals surface area contributed by atoms with Crippen LogP contribution in [0.15, 0.2) is 5.16 Å². The number of thiophene rings is 1. The van der Waals surface area contributed by atoms with E-state index in [1.807, 2.05) is 11.3 Å². The van der Waals surface area contributed by atoms with Gasteiger partial charge in [-0.3, -0.25) is 9.20 Å². The fourth-order valence-corrected chi connectivity index (χ4v) is 7.15. The molecule has 3 aliphatic rings. The molecule has 0 aliphatic heterocycles. The molecule has 2 saturated carbocycles. The van der Waals surface area contributed by atoms with Gasteiger partial charge in [-0.1, -0.05) is 31.5 Å². The van der Waals surface area contributed by atoms with E-state index in [4.69, 9.17) is 4.98 Å². The number of aromatic nitrogens is 4. The molecule has 158 valence electrons. The van der Waals surface area contributed by atoms with E-state index in [1.54, 1.807) is 0 Å². The van der Waals surface area contributed by atoms with Gasteiger partial charge in [-0.15, -0.1) is 21.5 Å². The molecule has 0 saturated heterocycles. The van der Waals surface area contributed by atoms with Crippen LogP contribution in [0, 0.1) is 5.92 Å². The van der Waals surface area contributed by atoms with Crippen LogP contribution in [-0.4, -0.2) is 37.3 Å². The molecule has 3 aromatic heterocycles. The summed E-state index contributed by atoms with van der Waals surface area (Å²) < 4.78 is 2.17. The monoisotopic (exact) mass is 441 g/mol. The number of thioether (sulfide) groups is 1. The lowest BCUT2D eigenvalue weighted by Crippen LogP contribution is -2.33. The summed E-state index contributed by atoms with van der Waals surface area (Å²) in [5.41, 5.74) is 2.39. The van der Waals surface area contributed by atoms with Crippen molar-refractivity contribution in [3.63, 3.8) is 0 Å². The molecule has 0 spiro atoms. The van der Waals surface area contributed by atoms with Crippen LogP contribution in [-0.2, 0) is 17.6 Å². The Labute approximate surface area is 184 Å². The Balaban J connectivity index is 1.36. The molecule has 2 fully saturated rings. The zero-order valence-electron chi connectivity index (χ0n) is 17.3. The summed E-state index contributed by atoms with van der Waals surface area (Å²) in [5, 5.41) is 14.3. The van der Waals surface area contributed by atoms with Crippen LogP contribution in [0.2, 0.25) is 0 Å². The molecular formula is C22H27N5OS2. The van der Waals surface area contributed by atoms with Gasteiger partial charge in [0.2, 0.25) is 5.91 Å². The Morgan fingerprint density at radius 2 is 2.03 bits per heavy atom. The van der Waals surface area contributed by atoms with E-state index in [-0.39, 0.29) is 5.91 Å². The first kappa shape index (κ1) is 19.0. The van der Waals surface area contributed by atoms with Gasteiger partial charge in [-0.25, -0.2) is 4.98 Å². The van der Waals surface area contributed by atoms with Gasteiger partial charge in [0.15, 0.2) is 10.8 Å². The van der Waals surface area contributed by atoms with Crippen LogP contribution in [0.3, 0.4) is 0 Å². The average Bonchev–Trinajstić information content (AvgIpc) is 3.12. The van der Waals surface area contributed by atoms with Crippen molar-refractivity contribution < 1.29 is 4.79 Å². The molecule has 0 radical (unpaired) electrons. The van der Waals surface area contributed by atoms with E-state index in [1.165, 1.54) is 59.7 Å². The highest BCUT2D eigenvalue weighted by atomic mass is 32.2. The fraction of sp³-hybridized carbons (Fsp3) is 0.636. The highest BCUT2D eigenvalue weighted by molar-refractivity contribution is 7.99. The Morgan fingerprint density at radius 1 is 1.20 bits per heavy atom. The van der Waals surface area contributed by atoms with Gasteiger partial charge in [0.25, 0.3) is 0 Å². The number of aryl methyl sites for hydroxylation is 1. The maximum atomic E-state index is 12.5. The molecule has 0 unspecified atom stereocenters. The van der Waals surface area contributed by atoms with Gasteiger partial charge >= 0.3 is 0 Å². The maximum absolute atomic E-state index is 12.5. The van der Waals surface area contributed by atoms with Gasteiger partial charge in [0.1, 0.15) is 10.7 Å². The van der Waals surface area contributed by atoms with E-state index in [0.717, 1.165) is 53.1 Å². The third-order valence-corrected chi connectivity index (χ3v) is 8.87.